The van der Waals surface area contributed by atoms with Gasteiger partial charge in [-0.2, -0.15) is 5.10 Å². The van der Waals surface area contributed by atoms with Gasteiger partial charge >= 0.3 is 0 Å². The fourth-order valence-corrected chi connectivity index (χ4v) is 4.59. The lowest BCUT2D eigenvalue weighted by Crippen LogP contribution is -2.19. The van der Waals surface area contributed by atoms with Gasteiger partial charge in [-0.3, -0.25) is 0 Å². The van der Waals surface area contributed by atoms with E-state index >= 15 is 0 Å². The number of aromatic nitrogens is 4. The van der Waals surface area contributed by atoms with Gasteiger partial charge in [0.05, 0.1) is 17.4 Å². The van der Waals surface area contributed by atoms with Crippen molar-refractivity contribution in [2.45, 2.75) is 31.6 Å². The Balaban J connectivity index is 1.65. The van der Waals surface area contributed by atoms with Gasteiger partial charge in [-0.1, -0.05) is 22.0 Å². The fourth-order valence-electron chi connectivity index (χ4n) is 4.06. The van der Waals surface area contributed by atoms with Crippen LogP contribution >= 0.6 is 15.9 Å². The Kier molecular flexibility index (Phi) is 4.88. The maximum Gasteiger partial charge on any atom is 0.150 e. The standard InChI is InChI=1S/C21H19BrFN5O2/c22-15-7-12(18(24)19-14(15)8-25-10-26-19)21(29)11-4-5-16(23)20-13(11)9-27-28(20)17-3-1-2-6-30-17/h4-5,7-10,17,21,29H,1-3,6,24H2. The summed E-state index contributed by atoms with van der Waals surface area (Å²) in [5.74, 6) is -0.409. The maximum absolute atomic E-state index is 14.8. The number of hydrogen-bond acceptors (Lipinski definition) is 6. The molecule has 0 amide bonds. The predicted octanol–water partition coefficient (Wildman–Crippen LogP) is 4.24. The third-order valence-electron chi connectivity index (χ3n) is 5.58. The van der Waals surface area contributed by atoms with Crippen molar-refractivity contribution in [2.75, 3.05) is 12.3 Å². The molecule has 0 aliphatic carbocycles. The average Bonchev–Trinajstić information content (AvgIpc) is 3.23. The topological polar surface area (TPSA) is 99.1 Å². The molecule has 2 aromatic carbocycles. The summed E-state index contributed by atoms with van der Waals surface area (Å²) in [6.45, 7) is 0.624. The lowest BCUT2D eigenvalue weighted by Gasteiger charge is -2.24. The molecule has 30 heavy (non-hydrogen) atoms. The normalized spacial score (nSPS) is 18.2. The van der Waals surface area contributed by atoms with E-state index in [9.17, 15) is 9.50 Å². The summed E-state index contributed by atoms with van der Waals surface area (Å²) < 4.78 is 22.9. The molecule has 3 heterocycles. The van der Waals surface area contributed by atoms with Crippen molar-refractivity contribution in [3.05, 3.63) is 58.3 Å². The molecule has 3 N–H and O–H groups in total. The predicted molar refractivity (Wildman–Crippen MR) is 114 cm³/mol. The van der Waals surface area contributed by atoms with Crippen molar-refractivity contribution < 1.29 is 14.2 Å². The second-order valence-electron chi connectivity index (χ2n) is 7.36. The van der Waals surface area contributed by atoms with Crippen LogP contribution in [0.5, 0.6) is 0 Å². The molecular formula is C21H19BrFN5O2. The van der Waals surface area contributed by atoms with Crippen LogP contribution in [0.1, 0.15) is 42.7 Å². The van der Waals surface area contributed by atoms with Gasteiger partial charge in [-0.25, -0.2) is 19.0 Å². The first-order chi connectivity index (χ1) is 14.6. The second-order valence-corrected chi connectivity index (χ2v) is 8.21. The zero-order valence-electron chi connectivity index (χ0n) is 15.9. The average molecular weight is 472 g/mol. The minimum absolute atomic E-state index is 0.310. The minimum atomic E-state index is -1.09. The van der Waals surface area contributed by atoms with Crippen molar-refractivity contribution in [2.24, 2.45) is 0 Å². The van der Waals surface area contributed by atoms with Gasteiger partial charge in [0.1, 0.15) is 23.8 Å². The number of ether oxygens (including phenoxy) is 1. The van der Waals surface area contributed by atoms with Crippen LogP contribution in [0.3, 0.4) is 0 Å². The molecule has 0 saturated carbocycles. The van der Waals surface area contributed by atoms with Crippen LogP contribution in [0.2, 0.25) is 0 Å². The lowest BCUT2D eigenvalue weighted by atomic mass is 9.96. The minimum Gasteiger partial charge on any atom is -0.397 e. The Morgan fingerprint density at radius 2 is 2.10 bits per heavy atom. The van der Waals surface area contributed by atoms with Gasteiger partial charge in [-0.15, -0.1) is 0 Å². The van der Waals surface area contributed by atoms with Crippen molar-refractivity contribution in [3.63, 3.8) is 0 Å². The molecule has 154 valence electrons. The molecule has 2 aromatic heterocycles. The number of aliphatic hydroxyl groups excluding tert-OH is 1. The molecule has 4 aromatic rings. The van der Waals surface area contributed by atoms with E-state index in [1.54, 1.807) is 29.2 Å². The molecule has 0 radical (unpaired) electrons. The highest BCUT2D eigenvalue weighted by atomic mass is 79.9. The smallest absolute Gasteiger partial charge is 0.150 e. The van der Waals surface area contributed by atoms with Crippen molar-refractivity contribution >= 4 is 43.4 Å². The third-order valence-corrected chi connectivity index (χ3v) is 6.23. The molecule has 2 unspecified atom stereocenters. The number of anilines is 1. The summed E-state index contributed by atoms with van der Waals surface area (Å²) in [5.41, 5.74) is 8.53. The molecule has 5 rings (SSSR count). The Hall–Kier alpha value is -2.62. The molecule has 2 atom stereocenters. The zero-order valence-corrected chi connectivity index (χ0v) is 17.5. The van der Waals surface area contributed by atoms with Gasteiger partial charge in [-0.05, 0) is 37.0 Å². The number of nitrogens with two attached hydrogens (primary N) is 1. The summed E-state index contributed by atoms with van der Waals surface area (Å²) in [7, 11) is 0. The maximum atomic E-state index is 14.8. The summed E-state index contributed by atoms with van der Waals surface area (Å²) in [5, 5.41) is 16.9. The highest BCUT2D eigenvalue weighted by molar-refractivity contribution is 9.10. The number of fused-ring (bicyclic) bond motifs is 2. The van der Waals surface area contributed by atoms with Crippen LogP contribution in [0.15, 0.2) is 41.4 Å². The fraction of sp³-hybridized carbons (Fsp3) is 0.286. The molecule has 1 fully saturated rings. The van der Waals surface area contributed by atoms with Gasteiger partial charge in [0.2, 0.25) is 0 Å². The van der Waals surface area contributed by atoms with E-state index in [1.807, 2.05) is 0 Å². The molecule has 1 aliphatic rings. The Labute approximate surface area is 179 Å². The Morgan fingerprint density at radius 1 is 1.23 bits per heavy atom. The van der Waals surface area contributed by atoms with Gasteiger partial charge in [0.25, 0.3) is 0 Å². The molecule has 7 nitrogen and oxygen atoms in total. The number of hydrogen-bond donors (Lipinski definition) is 2. The van der Waals surface area contributed by atoms with Crippen molar-refractivity contribution in [3.8, 4) is 0 Å². The first-order valence-electron chi connectivity index (χ1n) is 9.69. The quantitative estimate of drug-likeness (QED) is 0.433. The van der Waals surface area contributed by atoms with Gasteiger partial charge < -0.3 is 15.6 Å². The van der Waals surface area contributed by atoms with Crippen molar-refractivity contribution in [1.82, 2.24) is 19.7 Å². The number of nitrogen functional groups attached to an aromatic ring is 1. The highest BCUT2D eigenvalue weighted by Crippen LogP contribution is 2.38. The van der Waals surface area contributed by atoms with Crippen LogP contribution in [0.25, 0.3) is 21.8 Å². The van der Waals surface area contributed by atoms with Gasteiger partial charge in [0, 0.05) is 33.6 Å². The summed E-state index contributed by atoms with van der Waals surface area (Å²) in [4.78, 5) is 8.27. The summed E-state index contributed by atoms with van der Waals surface area (Å²) >= 11 is 3.50. The van der Waals surface area contributed by atoms with E-state index < -0.39 is 11.9 Å². The molecule has 0 spiro atoms. The van der Waals surface area contributed by atoms with Gasteiger partial charge in [0.15, 0.2) is 6.23 Å². The van der Waals surface area contributed by atoms with E-state index in [1.165, 1.54) is 12.4 Å². The second kappa shape index (κ2) is 7.57. The first kappa shape index (κ1) is 19.3. The number of nitrogens with zero attached hydrogens (tertiary/aromatic N) is 4. The third kappa shape index (κ3) is 3.05. The van der Waals surface area contributed by atoms with E-state index in [0.717, 1.165) is 24.6 Å². The summed E-state index contributed by atoms with van der Waals surface area (Å²) in [6.07, 6.45) is 6.00. The largest absolute Gasteiger partial charge is 0.397 e. The monoisotopic (exact) mass is 471 g/mol. The van der Waals surface area contributed by atoms with Crippen LogP contribution < -0.4 is 5.73 Å². The molecule has 1 aliphatic heterocycles. The molecule has 0 bridgehead atoms. The summed E-state index contributed by atoms with van der Waals surface area (Å²) in [6, 6.07) is 4.65. The highest BCUT2D eigenvalue weighted by Gasteiger charge is 2.25. The number of halogens is 2. The number of benzene rings is 2. The van der Waals surface area contributed by atoms with Crippen LogP contribution in [0, 0.1) is 5.82 Å². The zero-order chi connectivity index (χ0) is 20.8. The van der Waals surface area contributed by atoms with E-state index in [4.69, 9.17) is 10.5 Å². The van der Waals surface area contributed by atoms with Crippen LogP contribution in [-0.2, 0) is 4.74 Å². The SMILES string of the molecule is Nc1c(C(O)c2ccc(F)c3c2cnn3C2CCCCO2)cc(Br)c2cncnc12. The van der Waals surface area contributed by atoms with Crippen molar-refractivity contribution in [1.29, 1.82) is 0 Å². The number of rotatable bonds is 3. The van der Waals surface area contributed by atoms with E-state index in [-0.39, 0.29) is 6.23 Å². The molecule has 9 heteroatoms. The van der Waals surface area contributed by atoms with Crippen LogP contribution in [0.4, 0.5) is 10.1 Å². The molecule has 1 saturated heterocycles. The number of aliphatic hydroxyl groups is 1. The van der Waals surface area contributed by atoms with E-state index in [0.29, 0.717) is 44.3 Å². The van der Waals surface area contributed by atoms with Crippen LogP contribution in [-0.4, -0.2) is 31.5 Å². The first-order valence-corrected chi connectivity index (χ1v) is 10.5. The molecular weight excluding hydrogens is 453 g/mol. The lowest BCUT2D eigenvalue weighted by molar-refractivity contribution is -0.0369. The Bertz CT molecular complexity index is 1260. The Morgan fingerprint density at radius 3 is 2.90 bits per heavy atom. The van der Waals surface area contributed by atoms with E-state index in [2.05, 4.69) is 31.0 Å².